The molecule has 0 aliphatic heterocycles. The Bertz CT molecular complexity index is 1360. The molecule has 0 spiro atoms. The summed E-state index contributed by atoms with van der Waals surface area (Å²) in [7, 11) is -3.68. The fourth-order valence-corrected chi connectivity index (χ4v) is 5.93. The van der Waals surface area contributed by atoms with Crippen LogP contribution in [0.15, 0.2) is 71.6 Å². The summed E-state index contributed by atoms with van der Waals surface area (Å²) in [5.41, 5.74) is 2.69. The van der Waals surface area contributed by atoms with E-state index in [1.165, 1.54) is 34.1 Å². The summed E-state index contributed by atoms with van der Waals surface area (Å²) >= 11 is 0. The molecule has 10 heteroatoms. The first-order valence-corrected chi connectivity index (χ1v) is 14.8. The van der Waals surface area contributed by atoms with E-state index in [1.807, 2.05) is 18.2 Å². The zero-order valence-electron chi connectivity index (χ0n) is 23.0. The number of aliphatic hydroxyl groups is 1. The molecule has 0 radical (unpaired) electrons. The lowest BCUT2D eigenvalue weighted by Gasteiger charge is -2.25. The molecule has 7 nitrogen and oxygen atoms in total. The zero-order chi connectivity index (χ0) is 29.3. The van der Waals surface area contributed by atoms with E-state index >= 15 is 0 Å². The third kappa shape index (κ3) is 8.41. The average molecular weight is 574 g/mol. The van der Waals surface area contributed by atoms with Crippen molar-refractivity contribution < 1.29 is 27.1 Å². The number of sulfonamides is 1. The summed E-state index contributed by atoms with van der Waals surface area (Å²) in [5.74, 6) is -2.06. The van der Waals surface area contributed by atoms with Crippen LogP contribution in [0.2, 0.25) is 0 Å². The number of benzene rings is 3. The van der Waals surface area contributed by atoms with Gasteiger partial charge in [-0.15, -0.1) is 0 Å². The van der Waals surface area contributed by atoms with Crippen LogP contribution in [0.4, 0.5) is 8.78 Å². The molecule has 0 fully saturated rings. The Morgan fingerprint density at radius 1 is 0.900 bits per heavy atom. The standard InChI is InChI=1S/C30H37F2N3O4S/c1-4-21-8-7-9-22(14-21)19-33-20-29(36)28(17-23-15-25(31)18-26(32)16-23)34-30(37)24-10-12-27(13-11-24)40(38,39)35(5-2)6-3/h7-16,18,28-29,33,36H,4-6,17,19-20H2,1-3H3,(H,34,37)/t28-,29-/m0/s1. The molecule has 0 aliphatic carbocycles. The molecule has 0 heterocycles. The van der Waals surface area contributed by atoms with Gasteiger partial charge in [-0.1, -0.05) is 45.0 Å². The Hall–Kier alpha value is -3.18. The Labute approximate surface area is 235 Å². The maximum Gasteiger partial charge on any atom is 0.251 e. The topological polar surface area (TPSA) is 98.7 Å². The van der Waals surface area contributed by atoms with Gasteiger partial charge in [-0.05, 0) is 65.9 Å². The largest absolute Gasteiger partial charge is 0.390 e. The number of nitrogens with one attached hydrogen (secondary N) is 2. The number of halogens is 2. The number of nitrogens with zero attached hydrogens (tertiary/aromatic N) is 1. The first-order chi connectivity index (χ1) is 19.1. The molecule has 0 aromatic heterocycles. The second-order valence-corrected chi connectivity index (χ2v) is 11.5. The summed E-state index contributed by atoms with van der Waals surface area (Å²) in [6.07, 6.45) is -0.216. The summed E-state index contributed by atoms with van der Waals surface area (Å²) in [6, 6.07) is 15.7. The van der Waals surface area contributed by atoms with Gasteiger partial charge in [0.25, 0.3) is 5.91 Å². The van der Waals surface area contributed by atoms with Crippen LogP contribution in [0, 0.1) is 11.6 Å². The SMILES string of the molecule is CCc1cccc(CNC[C@H](O)[C@H](Cc2cc(F)cc(F)c2)NC(=O)c2ccc(S(=O)(=O)N(CC)CC)cc2)c1. The molecular weight excluding hydrogens is 536 g/mol. The second kappa shape index (κ2) is 14.5. The number of rotatable bonds is 14. The Morgan fingerprint density at radius 3 is 2.12 bits per heavy atom. The molecule has 0 saturated heterocycles. The van der Waals surface area contributed by atoms with E-state index < -0.39 is 39.7 Å². The molecule has 0 unspecified atom stereocenters. The van der Waals surface area contributed by atoms with Gasteiger partial charge in [0, 0.05) is 37.8 Å². The van der Waals surface area contributed by atoms with Crippen LogP contribution in [-0.2, 0) is 29.4 Å². The van der Waals surface area contributed by atoms with Crippen molar-refractivity contribution in [1.29, 1.82) is 0 Å². The molecule has 0 saturated carbocycles. The predicted molar refractivity (Wildman–Crippen MR) is 151 cm³/mol. The van der Waals surface area contributed by atoms with E-state index in [-0.39, 0.29) is 29.0 Å². The zero-order valence-corrected chi connectivity index (χ0v) is 23.8. The summed E-state index contributed by atoms with van der Waals surface area (Å²) in [5, 5.41) is 16.9. The van der Waals surface area contributed by atoms with Gasteiger partial charge in [0.15, 0.2) is 0 Å². The smallest absolute Gasteiger partial charge is 0.251 e. The maximum absolute atomic E-state index is 13.8. The lowest BCUT2D eigenvalue weighted by molar-refractivity contribution is 0.0829. The van der Waals surface area contributed by atoms with E-state index in [2.05, 4.69) is 23.6 Å². The third-order valence-corrected chi connectivity index (χ3v) is 8.76. The molecule has 3 rings (SSSR count). The number of carbonyl (C=O) groups excluding carboxylic acids is 1. The van der Waals surface area contributed by atoms with Crippen LogP contribution in [0.25, 0.3) is 0 Å². The van der Waals surface area contributed by atoms with Crippen molar-refractivity contribution in [3.05, 3.63) is 101 Å². The minimum absolute atomic E-state index is 0.0248. The number of aryl methyl sites for hydroxylation is 1. The van der Waals surface area contributed by atoms with Gasteiger partial charge >= 0.3 is 0 Å². The van der Waals surface area contributed by atoms with Gasteiger partial charge in [0.05, 0.1) is 17.0 Å². The second-order valence-electron chi connectivity index (χ2n) is 9.55. The number of aliphatic hydroxyl groups excluding tert-OH is 1. The van der Waals surface area contributed by atoms with Gasteiger partial charge in [-0.3, -0.25) is 4.79 Å². The van der Waals surface area contributed by atoms with Crippen LogP contribution in [0.1, 0.15) is 47.8 Å². The number of amides is 1. The van der Waals surface area contributed by atoms with E-state index in [0.29, 0.717) is 19.6 Å². The summed E-state index contributed by atoms with van der Waals surface area (Å²) in [6.45, 7) is 6.80. The quantitative estimate of drug-likeness (QED) is 0.270. The van der Waals surface area contributed by atoms with Crippen LogP contribution >= 0.6 is 0 Å². The van der Waals surface area contributed by atoms with Crippen molar-refractivity contribution >= 4 is 15.9 Å². The van der Waals surface area contributed by atoms with Gasteiger partial charge in [-0.2, -0.15) is 4.31 Å². The fraction of sp³-hybridized carbons (Fsp3) is 0.367. The van der Waals surface area contributed by atoms with Gasteiger partial charge < -0.3 is 15.7 Å². The van der Waals surface area contributed by atoms with Crippen molar-refractivity contribution in [3.63, 3.8) is 0 Å². The highest BCUT2D eigenvalue weighted by Gasteiger charge is 2.25. The molecule has 3 aromatic carbocycles. The lowest BCUT2D eigenvalue weighted by atomic mass is 10.00. The summed E-state index contributed by atoms with van der Waals surface area (Å²) in [4.78, 5) is 13.2. The number of hydrogen-bond donors (Lipinski definition) is 3. The maximum atomic E-state index is 13.8. The van der Waals surface area contributed by atoms with E-state index in [1.54, 1.807) is 13.8 Å². The monoisotopic (exact) mass is 573 g/mol. The average Bonchev–Trinajstić information content (AvgIpc) is 2.92. The molecule has 2 atom stereocenters. The van der Waals surface area contributed by atoms with E-state index in [0.717, 1.165) is 30.2 Å². The Morgan fingerprint density at radius 2 is 1.52 bits per heavy atom. The first kappa shape index (κ1) is 31.3. The molecule has 0 aliphatic rings. The minimum Gasteiger partial charge on any atom is -0.390 e. The van der Waals surface area contributed by atoms with Crippen LogP contribution < -0.4 is 10.6 Å². The molecule has 1 amide bonds. The van der Waals surface area contributed by atoms with Crippen LogP contribution in [0.5, 0.6) is 0 Å². The van der Waals surface area contributed by atoms with Gasteiger partial charge in [-0.25, -0.2) is 17.2 Å². The molecule has 0 bridgehead atoms. The number of hydrogen-bond acceptors (Lipinski definition) is 5. The van der Waals surface area contributed by atoms with Crippen molar-refractivity contribution in [3.8, 4) is 0 Å². The molecular formula is C30H37F2N3O4S. The Kier molecular flexibility index (Phi) is 11.3. The highest BCUT2D eigenvalue weighted by molar-refractivity contribution is 7.89. The van der Waals surface area contributed by atoms with E-state index in [4.69, 9.17) is 0 Å². The van der Waals surface area contributed by atoms with Crippen molar-refractivity contribution in [2.45, 2.75) is 57.2 Å². The van der Waals surface area contributed by atoms with Crippen molar-refractivity contribution in [2.24, 2.45) is 0 Å². The van der Waals surface area contributed by atoms with Gasteiger partial charge in [0.2, 0.25) is 10.0 Å². The molecule has 216 valence electrons. The highest BCUT2D eigenvalue weighted by atomic mass is 32.2. The molecule has 3 aromatic rings. The minimum atomic E-state index is -3.68. The highest BCUT2D eigenvalue weighted by Crippen LogP contribution is 2.17. The summed E-state index contributed by atoms with van der Waals surface area (Å²) < 4.78 is 54.5. The van der Waals surface area contributed by atoms with Gasteiger partial charge in [0.1, 0.15) is 11.6 Å². The first-order valence-electron chi connectivity index (χ1n) is 13.4. The Balaban J connectivity index is 1.75. The van der Waals surface area contributed by atoms with Crippen LogP contribution in [-0.4, -0.2) is 55.5 Å². The predicted octanol–water partition coefficient (Wildman–Crippen LogP) is 4.05. The van der Waals surface area contributed by atoms with E-state index in [9.17, 15) is 27.1 Å². The molecule has 40 heavy (non-hydrogen) atoms. The normalized spacial score (nSPS) is 13.3. The fourth-order valence-electron chi connectivity index (χ4n) is 4.47. The molecule has 3 N–H and O–H groups in total. The number of carbonyl (C=O) groups is 1. The lowest BCUT2D eigenvalue weighted by Crippen LogP contribution is -2.48. The third-order valence-electron chi connectivity index (χ3n) is 6.70. The van der Waals surface area contributed by atoms with Crippen molar-refractivity contribution in [1.82, 2.24) is 14.9 Å². The van der Waals surface area contributed by atoms with Crippen molar-refractivity contribution in [2.75, 3.05) is 19.6 Å². The van der Waals surface area contributed by atoms with Crippen LogP contribution in [0.3, 0.4) is 0 Å².